The van der Waals surface area contributed by atoms with E-state index in [4.69, 9.17) is 0 Å². The molecule has 1 saturated heterocycles. The Bertz CT molecular complexity index is 1030. The quantitative estimate of drug-likeness (QED) is 0.761. The monoisotopic (exact) mass is 380 g/mol. The summed E-state index contributed by atoms with van der Waals surface area (Å²) in [6.45, 7) is 4.66. The van der Waals surface area contributed by atoms with Gasteiger partial charge in [-0.3, -0.25) is 9.59 Å². The number of rotatable bonds is 3. The molecule has 4 rings (SSSR count). The Morgan fingerprint density at radius 2 is 2.00 bits per heavy atom. The van der Waals surface area contributed by atoms with E-state index in [2.05, 4.69) is 11.6 Å². The van der Waals surface area contributed by atoms with Crippen LogP contribution in [0.4, 0.5) is 8.78 Å². The van der Waals surface area contributed by atoms with Gasteiger partial charge < -0.3 is 4.90 Å². The van der Waals surface area contributed by atoms with Crippen molar-refractivity contribution in [1.82, 2.24) is 4.90 Å². The Morgan fingerprint density at radius 3 is 2.75 bits per heavy atom. The van der Waals surface area contributed by atoms with Gasteiger partial charge in [0.2, 0.25) is 5.91 Å². The van der Waals surface area contributed by atoms with Gasteiger partial charge in [-0.2, -0.15) is 0 Å². The number of amides is 2. The number of fused-ring (bicyclic) bond motifs is 1. The van der Waals surface area contributed by atoms with Crippen LogP contribution in [0, 0.1) is 17.6 Å². The van der Waals surface area contributed by atoms with Gasteiger partial charge in [0.15, 0.2) is 0 Å². The first-order chi connectivity index (χ1) is 13.5. The van der Waals surface area contributed by atoms with Gasteiger partial charge in [0.05, 0.1) is 0 Å². The minimum Gasteiger partial charge on any atom is -0.338 e. The van der Waals surface area contributed by atoms with Crippen LogP contribution in [-0.2, 0) is 11.2 Å². The number of carbonyl (C=O) groups excluding carboxylic acids is 2. The molecule has 0 spiro atoms. The van der Waals surface area contributed by atoms with Gasteiger partial charge in [-0.1, -0.05) is 18.7 Å². The molecule has 2 aliphatic rings. The van der Waals surface area contributed by atoms with Crippen molar-refractivity contribution in [3.05, 3.63) is 71.8 Å². The van der Waals surface area contributed by atoms with Gasteiger partial charge in [-0.15, -0.1) is 0 Å². The summed E-state index contributed by atoms with van der Waals surface area (Å²) in [6, 6.07) is 8.50. The lowest BCUT2D eigenvalue weighted by molar-refractivity contribution is -0.125. The van der Waals surface area contributed by atoms with Crippen LogP contribution >= 0.6 is 0 Å². The van der Waals surface area contributed by atoms with Gasteiger partial charge >= 0.3 is 0 Å². The van der Waals surface area contributed by atoms with E-state index in [0.717, 1.165) is 23.8 Å². The van der Waals surface area contributed by atoms with Crippen LogP contribution in [0.3, 0.4) is 0 Å². The SMILES string of the molecule is C=CC(=O)N1CC[C@@H](C2=NC(=O)c3cc(-c4ccc(F)cc4F)ccc3C2)C1. The molecule has 0 radical (unpaired) electrons. The summed E-state index contributed by atoms with van der Waals surface area (Å²) in [7, 11) is 0. The fourth-order valence-corrected chi connectivity index (χ4v) is 3.84. The highest BCUT2D eigenvalue weighted by atomic mass is 19.1. The molecule has 0 N–H and O–H groups in total. The van der Waals surface area contributed by atoms with Crippen LogP contribution in [0.25, 0.3) is 11.1 Å². The first-order valence-electron chi connectivity index (χ1n) is 9.07. The van der Waals surface area contributed by atoms with Crippen molar-refractivity contribution >= 4 is 17.5 Å². The molecule has 1 atom stereocenters. The third-order valence-corrected chi connectivity index (χ3v) is 5.34. The van der Waals surface area contributed by atoms with Crippen molar-refractivity contribution in [2.45, 2.75) is 12.8 Å². The molecule has 0 aliphatic carbocycles. The summed E-state index contributed by atoms with van der Waals surface area (Å²) in [5, 5.41) is 0. The van der Waals surface area contributed by atoms with Crippen LogP contribution in [-0.4, -0.2) is 35.5 Å². The molecule has 6 heteroatoms. The van der Waals surface area contributed by atoms with Gasteiger partial charge in [-0.05, 0) is 41.8 Å². The first-order valence-corrected chi connectivity index (χ1v) is 9.07. The molecular weight excluding hydrogens is 362 g/mol. The standard InChI is InChI=1S/C22H18F2N2O2/c1-2-21(27)26-8-7-15(12-26)20-10-14-4-3-13(9-18(14)22(28)25-20)17-6-5-16(23)11-19(17)24/h2-6,9,11,15H,1,7-8,10,12H2/t15-/m1/s1. The number of halogens is 2. The Labute approximate surface area is 161 Å². The zero-order chi connectivity index (χ0) is 19.8. The number of hydrogen-bond donors (Lipinski definition) is 0. The smallest absolute Gasteiger partial charge is 0.277 e. The fourth-order valence-electron chi connectivity index (χ4n) is 3.84. The molecule has 0 bridgehead atoms. The van der Waals surface area contributed by atoms with Gasteiger partial charge in [0.1, 0.15) is 11.6 Å². The van der Waals surface area contributed by atoms with Crippen LogP contribution in [0.2, 0.25) is 0 Å². The van der Waals surface area contributed by atoms with Crippen molar-refractivity contribution < 1.29 is 18.4 Å². The highest BCUT2D eigenvalue weighted by molar-refractivity contribution is 6.10. The number of carbonyl (C=O) groups is 2. The molecule has 2 aromatic rings. The number of nitrogens with zero attached hydrogens (tertiary/aromatic N) is 2. The average molecular weight is 380 g/mol. The molecule has 28 heavy (non-hydrogen) atoms. The van der Waals surface area contributed by atoms with E-state index in [9.17, 15) is 18.4 Å². The molecule has 142 valence electrons. The number of hydrogen-bond acceptors (Lipinski definition) is 2. The van der Waals surface area contributed by atoms with Gasteiger partial charge in [0.25, 0.3) is 5.91 Å². The maximum atomic E-state index is 14.1. The molecule has 2 amide bonds. The lowest BCUT2D eigenvalue weighted by Gasteiger charge is -2.20. The van der Waals surface area contributed by atoms with Crippen molar-refractivity contribution in [1.29, 1.82) is 0 Å². The maximum Gasteiger partial charge on any atom is 0.277 e. The van der Waals surface area contributed by atoms with Crippen LogP contribution in [0.15, 0.2) is 54.0 Å². The van der Waals surface area contributed by atoms with Crippen molar-refractivity contribution in [2.75, 3.05) is 13.1 Å². The minimum absolute atomic E-state index is 0.0511. The summed E-state index contributed by atoms with van der Waals surface area (Å²) in [6.07, 6.45) is 2.58. The van der Waals surface area contributed by atoms with Gasteiger partial charge in [0, 0.05) is 48.3 Å². The second kappa shape index (κ2) is 7.11. The van der Waals surface area contributed by atoms with Crippen LogP contribution in [0.5, 0.6) is 0 Å². The zero-order valence-electron chi connectivity index (χ0n) is 15.1. The lowest BCUT2D eigenvalue weighted by atomic mass is 9.89. The highest BCUT2D eigenvalue weighted by Gasteiger charge is 2.31. The maximum absolute atomic E-state index is 14.1. The van der Waals surface area contributed by atoms with E-state index in [0.29, 0.717) is 30.6 Å². The molecule has 4 nitrogen and oxygen atoms in total. The third-order valence-electron chi connectivity index (χ3n) is 5.34. The molecule has 0 unspecified atom stereocenters. The number of aliphatic imine (C=N–C) groups is 1. The lowest BCUT2D eigenvalue weighted by Crippen LogP contribution is -2.30. The summed E-state index contributed by atoms with van der Waals surface area (Å²) in [5.41, 5.74) is 2.78. The van der Waals surface area contributed by atoms with E-state index >= 15 is 0 Å². The number of benzene rings is 2. The second-order valence-corrected chi connectivity index (χ2v) is 7.06. The Morgan fingerprint density at radius 1 is 1.18 bits per heavy atom. The topological polar surface area (TPSA) is 49.7 Å². The normalized spacial score (nSPS) is 18.6. The second-order valence-electron chi connectivity index (χ2n) is 7.06. The fraction of sp³-hybridized carbons (Fsp3) is 0.227. The van der Waals surface area contributed by atoms with E-state index in [1.54, 1.807) is 23.1 Å². The minimum atomic E-state index is -0.676. The summed E-state index contributed by atoms with van der Waals surface area (Å²) >= 11 is 0. The van der Waals surface area contributed by atoms with Gasteiger partial charge in [-0.25, -0.2) is 13.8 Å². The van der Waals surface area contributed by atoms with E-state index in [1.807, 2.05) is 0 Å². The summed E-state index contributed by atoms with van der Waals surface area (Å²) in [5.74, 6) is -1.75. The molecule has 1 fully saturated rings. The summed E-state index contributed by atoms with van der Waals surface area (Å²) < 4.78 is 27.2. The molecule has 2 aliphatic heterocycles. The van der Waals surface area contributed by atoms with E-state index in [1.165, 1.54) is 18.2 Å². The molecule has 2 aromatic carbocycles. The Kier molecular flexibility index (Phi) is 4.63. The average Bonchev–Trinajstić information content (AvgIpc) is 3.17. The summed E-state index contributed by atoms with van der Waals surface area (Å²) in [4.78, 5) is 30.3. The molecule has 0 saturated carbocycles. The predicted molar refractivity (Wildman–Crippen MR) is 102 cm³/mol. The largest absolute Gasteiger partial charge is 0.338 e. The zero-order valence-corrected chi connectivity index (χ0v) is 15.1. The Balaban J connectivity index is 1.59. The number of likely N-dealkylation sites (tertiary alicyclic amines) is 1. The molecule has 0 aromatic heterocycles. The first kappa shape index (κ1) is 18.2. The van der Waals surface area contributed by atoms with Crippen LogP contribution in [0.1, 0.15) is 22.3 Å². The van der Waals surface area contributed by atoms with Crippen molar-refractivity contribution in [3.8, 4) is 11.1 Å². The third kappa shape index (κ3) is 3.26. The van der Waals surface area contributed by atoms with Crippen LogP contribution < -0.4 is 0 Å². The molecule has 2 heterocycles. The van der Waals surface area contributed by atoms with Crippen molar-refractivity contribution in [3.63, 3.8) is 0 Å². The van der Waals surface area contributed by atoms with E-state index in [-0.39, 0.29) is 23.3 Å². The predicted octanol–water partition coefficient (Wildman–Crippen LogP) is 3.80. The highest BCUT2D eigenvalue weighted by Crippen LogP contribution is 2.30. The van der Waals surface area contributed by atoms with Crippen molar-refractivity contribution in [2.24, 2.45) is 10.9 Å². The van der Waals surface area contributed by atoms with E-state index < -0.39 is 11.6 Å². The Hall–Kier alpha value is -3.15. The molecular formula is C22H18F2N2O2.